The van der Waals surface area contributed by atoms with Crippen molar-refractivity contribution in [3.63, 3.8) is 0 Å². The van der Waals surface area contributed by atoms with Gasteiger partial charge in [-0.2, -0.15) is 0 Å². The topological polar surface area (TPSA) is 0 Å². The Hall–Kier alpha value is -1.38. The molecule has 0 aliphatic carbocycles. The first-order chi connectivity index (χ1) is 9.54. The molecule has 0 atom stereocenters. The van der Waals surface area contributed by atoms with Gasteiger partial charge in [-0.25, -0.2) is 0 Å². The van der Waals surface area contributed by atoms with E-state index in [1.807, 2.05) is 22.7 Å². The van der Waals surface area contributed by atoms with Crippen molar-refractivity contribution >= 4 is 22.7 Å². The molecule has 0 fully saturated rings. The Morgan fingerprint density at radius 1 is 0.700 bits per heavy atom. The van der Waals surface area contributed by atoms with Gasteiger partial charge in [0, 0.05) is 19.5 Å². The van der Waals surface area contributed by atoms with Crippen molar-refractivity contribution in [2.75, 3.05) is 0 Å². The van der Waals surface area contributed by atoms with E-state index in [4.69, 9.17) is 0 Å². The van der Waals surface area contributed by atoms with Crippen molar-refractivity contribution in [3.8, 4) is 20.2 Å². The zero-order chi connectivity index (χ0) is 14.3. The molecule has 0 radical (unpaired) electrons. The highest BCUT2D eigenvalue weighted by Gasteiger charge is 2.12. The normalized spacial score (nSPS) is 11.0. The Kier molecular flexibility index (Phi) is 3.53. The molecule has 2 heteroatoms. The van der Waals surface area contributed by atoms with Crippen molar-refractivity contribution in [1.29, 1.82) is 0 Å². The molecule has 0 unspecified atom stereocenters. The van der Waals surface area contributed by atoms with Gasteiger partial charge >= 0.3 is 0 Å². The Morgan fingerprint density at radius 2 is 1.35 bits per heavy atom. The lowest BCUT2D eigenvalue weighted by Gasteiger charge is -1.97. The van der Waals surface area contributed by atoms with Crippen LogP contribution in [0.3, 0.4) is 0 Å². The third kappa shape index (κ3) is 2.46. The number of thiophene rings is 2. The molecule has 1 aromatic carbocycles. The van der Waals surface area contributed by atoms with Crippen LogP contribution in [0.2, 0.25) is 0 Å². The van der Waals surface area contributed by atoms with Gasteiger partial charge in [0.15, 0.2) is 0 Å². The second-order valence-electron chi connectivity index (χ2n) is 5.34. The van der Waals surface area contributed by atoms with Gasteiger partial charge in [0.25, 0.3) is 0 Å². The number of benzene rings is 1. The lowest BCUT2D eigenvalue weighted by atomic mass is 10.1. The van der Waals surface area contributed by atoms with Crippen molar-refractivity contribution in [2.45, 2.75) is 27.7 Å². The summed E-state index contributed by atoms with van der Waals surface area (Å²) in [5, 5.41) is 0. The molecule has 0 saturated heterocycles. The smallest absolute Gasteiger partial charge is 0.0478 e. The molecule has 0 N–H and O–H groups in total. The second-order valence-corrected chi connectivity index (χ2v) is 7.65. The minimum Gasteiger partial charge on any atom is -0.139 e. The van der Waals surface area contributed by atoms with Gasteiger partial charge in [0.2, 0.25) is 0 Å². The zero-order valence-corrected chi connectivity index (χ0v) is 13.9. The number of hydrogen-bond donors (Lipinski definition) is 0. The Labute approximate surface area is 128 Å². The predicted molar refractivity (Wildman–Crippen MR) is 92.0 cm³/mol. The van der Waals surface area contributed by atoms with Crippen LogP contribution in [-0.4, -0.2) is 0 Å². The molecule has 102 valence electrons. The molecule has 2 heterocycles. The fourth-order valence-corrected chi connectivity index (χ4v) is 4.65. The summed E-state index contributed by atoms with van der Waals surface area (Å²) in [5.41, 5.74) is 5.41. The summed E-state index contributed by atoms with van der Waals surface area (Å²) in [4.78, 5) is 5.61. The van der Waals surface area contributed by atoms with Gasteiger partial charge in [-0.05, 0) is 56.5 Å². The van der Waals surface area contributed by atoms with Gasteiger partial charge in [0.05, 0.1) is 0 Å². The fourth-order valence-electron chi connectivity index (χ4n) is 2.27. The maximum atomic E-state index is 2.32. The molecule has 0 amide bonds. The first-order valence-electron chi connectivity index (χ1n) is 6.79. The molecule has 0 aliphatic rings. The van der Waals surface area contributed by atoms with E-state index in [0.29, 0.717) is 0 Å². The molecular formula is C18H18S2. The van der Waals surface area contributed by atoms with E-state index in [9.17, 15) is 0 Å². The fraction of sp³-hybridized carbons (Fsp3) is 0.222. The number of hydrogen-bond acceptors (Lipinski definition) is 2. The third-order valence-corrected chi connectivity index (χ3v) is 6.26. The highest BCUT2D eigenvalue weighted by atomic mass is 32.1. The van der Waals surface area contributed by atoms with Gasteiger partial charge < -0.3 is 0 Å². The molecule has 3 aromatic rings. The Bertz CT molecular complexity index is 723. The monoisotopic (exact) mass is 298 g/mol. The molecule has 0 bridgehead atoms. The van der Waals surface area contributed by atoms with E-state index in [1.165, 1.54) is 41.8 Å². The van der Waals surface area contributed by atoms with E-state index in [0.717, 1.165) is 0 Å². The molecule has 0 aliphatic heterocycles. The van der Waals surface area contributed by atoms with Gasteiger partial charge in [-0.3, -0.25) is 0 Å². The summed E-state index contributed by atoms with van der Waals surface area (Å²) in [6.45, 7) is 8.74. The summed E-state index contributed by atoms with van der Waals surface area (Å²) in [6.07, 6.45) is 0. The van der Waals surface area contributed by atoms with Crippen molar-refractivity contribution < 1.29 is 0 Å². The van der Waals surface area contributed by atoms with Crippen LogP contribution in [0.5, 0.6) is 0 Å². The van der Waals surface area contributed by atoms with Crippen molar-refractivity contribution in [2.24, 2.45) is 0 Å². The van der Waals surface area contributed by atoms with Crippen LogP contribution in [0.25, 0.3) is 20.2 Å². The zero-order valence-electron chi connectivity index (χ0n) is 12.3. The molecule has 0 saturated carbocycles. The number of rotatable bonds is 2. The van der Waals surface area contributed by atoms with Gasteiger partial charge in [0.1, 0.15) is 0 Å². The average Bonchev–Trinajstić information content (AvgIpc) is 2.94. The van der Waals surface area contributed by atoms with E-state index in [1.54, 1.807) is 0 Å². The van der Waals surface area contributed by atoms with Crippen LogP contribution < -0.4 is 0 Å². The summed E-state index contributed by atoms with van der Waals surface area (Å²) in [5.74, 6) is 0. The average molecular weight is 298 g/mol. The predicted octanol–water partition coefficient (Wildman–Crippen LogP) is 6.38. The minimum atomic E-state index is 1.31. The summed E-state index contributed by atoms with van der Waals surface area (Å²) in [7, 11) is 0. The van der Waals surface area contributed by atoms with Crippen LogP contribution in [0.15, 0.2) is 36.4 Å². The molecule has 2 aromatic heterocycles. The number of aryl methyl sites for hydroxylation is 4. The maximum absolute atomic E-state index is 2.32. The van der Waals surface area contributed by atoms with Crippen LogP contribution in [0.1, 0.15) is 21.6 Å². The second kappa shape index (κ2) is 5.19. The summed E-state index contributed by atoms with van der Waals surface area (Å²) >= 11 is 3.81. The molecule has 0 nitrogen and oxygen atoms in total. The molecular weight excluding hydrogens is 280 g/mol. The van der Waals surface area contributed by atoms with Gasteiger partial charge in [-0.15, -0.1) is 22.7 Å². The first kappa shape index (κ1) is 13.6. The van der Waals surface area contributed by atoms with E-state index < -0.39 is 0 Å². The Balaban J connectivity index is 2.05. The summed E-state index contributed by atoms with van der Waals surface area (Å²) < 4.78 is 0. The highest BCUT2D eigenvalue weighted by molar-refractivity contribution is 7.24. The molecule has 20 heavy (non-hydrogen) atoms. The summed E-state index contributed by atoms with van der Waals surface area (Å²) in [6, 6.07) is 13.4. The molecule has 3 rings (SSSR count). The standard InChI is InChI=1S/C18H18S2/c1-11-5-7-15(8-6-11)16-10-13(3)18(20-16)17-9-12(2)14(4)19-17/h5-10H,1-4H3. The lowest BCUT2D eigenvalue weighted by molar-refractivity contribution is 1.44. The molecule has 0 spiro atoms. The Morgan fingerprint density at radius 3 is 1.95 bits per heavy atom. The first-order valence-corrected chi connectivity index (χ1v) is 8.43. The van der Waals surface area contributed by atoms with Crippen LogP contribution >= 0.6 is 22.7 Å². The van der Waals surface area contributed by atoms with E-state index in [2.05, 4.69) is 64.1 Å². The van der Waals surface area contributed by atoms with E-state index in [-0.39, 0.29) is 0 Å². The van der Waals surface area contributed by atoms with Crippen molar-refractivity contribution in [1.82, 2.24) is 0 Å². The van der Waals surface area contributed by atoms with Crippen molar-refractivity contribution in [3.05, 3.63) is 58.0 Å². The van der Waals surface area contributed by atoms with Gasteiger partial charge in [-0.1, -0.05) is 29.8 Å². The van der Waals surface area contributed by atoms with Crippen LogP contribution in [0, 0.1) is 27.7 Å². The van der Waals surface area contributed by atoms with Crippen LogP contribution in [0.4, 0.5) is 0 Å². The third-order valence-electron chi connectivity index (χ3n) is 3.64. The quantitative estimate of drug-likeness (QED) is 0.515. The van der Waals surface area contributed by atoms with Crippen LogP contribution in [-0.2, 0) is 0 Å². The van der Waals surface area contributed by atoms with E-state index >= 15 is 0 Å². The minimum absolute atomic E-state index is 1.31. The lowest BCUT2D eigenvalue weighted by Crippen LogP contribution is -1.73. The highest BCUT2D eigenvalue weighted by Crippen LogP contribution is 2.41. The maximum Gasteiger partial charge on any atom is 0.0478 e. The largest absolute Gasteiger partial charge is 0.139 e. The SMILES string of the molecule is Cc1ccc(-c2cc(C)c(-c3cc(C)c(C)s3)s2)cc1.